The maximum Gasteiger partial charge on any atom is 0.242 e. The van der Waals surface area contributed by atoms with E-state index in [1.165, 1.54) is 10.4 Å². The molecule has 2 aromatic rings. The summed E-state index contributed by atoms with van der Waals surface area (Å²) in [5.74, 6) is -0.270. The molecule has 0 spiro atoms. The first-order chi connectivity index (χ1) is 10.2. The van der Waals surface area contributed by atoms with E-state index < -0.39 is 5.54 Å². The first kappa shape index (κ1) is 14.3. The van der Waals surface area contributed by atoms with Crippen molar-refractivity contribution in [2.24, 2.45) is 5.73 Å². The Bertz CT molecular complexity index is 623. The summed E-state index contributed by atoms with van der Waals surface area (Å²) in [6, 6.07) is 12.3. The average molecular weight is 300 g/mol. The molecule has 21 heavy (non-hydrogen) atoms. The summed E-state index contributed by atoms with van der Waals surface area (Å²) in [6.45, 7) is 0.676. The van der Waals surface area contributed by atoms with E-state index >= 15 is 0 Å². The molecule has 3 N–H and O–H groups in total. The molecule has 3 rings (SSSR count). The van der Waals surface area contributed by atoms with Crippen molar-refractivity contribution in [2.45, 2.75) is 37.8 Å². The molecule has 0 fully saturated rings. The maximum atomic E-state index is 12.3. The molecule has 0 aliphatic heterocycles. The quantitative estimate of drug-likeness (QED) is 0.853. The molecule has 1 atom stereocenters. The van der Waals surface area contributed by atoms with Gasteiger partial charge < -0.3 is 5.73 Å². The van der Waals surface area contributed by atoms with E-state index in [-0.39, 0.29) is 5.91 Å². The smallest absolute Gasteiger partial charge is 0.242 e. The predicted molar refractivity (Wildman–Crippen MR) is 86.0 cm³/mol. The van der Waals surface area contributed by atoms with Crippen LogP contribution in [0.1, 0.15) is 35.3 Å². The molecule has 1 aliphatic rings. The van der Waals surface area contributed by atoms with Crippen LogP contribution in [0, 0.1) is 0 Å². The zero-order valence-corrected chi connectivity index (χ0v) is 12.8. The van der Waals surface area contributed by atoms with E-state index in [2.05, 4.69) is 22.8 Å². The van der Waals surface area contributed by atoms with E-state index in [9.17, 15) is 4.79 Å². The summed E-state index contributed by atoms with van der Waals surface area (Å²) in [5.41, 5.74) is 7.39. The molecule has 0 bridgehead atoms. The van der Waals surface area contributed by atoms with Crippen LogP contribution in [0.25, 0.3) is 0 Å². The van der Waals surface area contributed by atoms with E-state index in [1.54, 1.807) is 11.3 Å². The Kier molecular flexibility index (Phi) is 4.08. The fourth-order valence-electron chi connectivity index (χ4n) is 3.17. The number of fused-ring (bicyclic) bond motifs is 1. The van der Waals surface area contributed by atoms with E-state index in [0.717, 1.165) is 31.2 Å². The second kappa shape index (κ2) is 6.00. The number of nitrogens with one attached hydrogen (secondary N) is 1. The number of aryl methyl sites for hydroxylation is 1. The highest BCUT2D eigenvalue weighted by Crippen LogP contribution is 2.34. The van der Waals surface area contributed by atoms with Gasteiger partial charge in [0.25, 0.3) is 0 Å². The van der Waals surface area contributed by atoms with Crippen molar-refractivity contribution in [3.05, 3.63) is 57.8 Å². The normalized spacial score (nSPS) is 21.5. The Morgan fingerprint density at radius 1 is 1.24 bits per heavy atom. The van der Waals surface area contributed by atoms with Crippen LogP contribution in [0.4, 0.5) is 0 Å². The molecule has 110 valence electrons. The first-order valence-electron chi connectivity index (χ1n) is 7.38. The van der Waals surface area contributed by atoms with Crippen molar-refractivity contribution < 1.29 is 4.79 Å². The SMILES string of the molecule is NC(=O)C1(NCc2cccs2)CCCCc2ccccc21. The van der Waals surface area contributed by atoms with Crippen LogP contribution in [0.3, 0.4) is 0 Å². The van der Waals surface area contributed by atoms with E-state index in [1.807, 2.05) is 24.3 Å². The maximum absolute atomic E-state index is 12.3. The van der Waals surface area contributed by atoms with Crippen LogP contribution in [-0.4, -0.2) is 5.91 Å². The highest BCUT2D eigenvalue weighted by molar-refractivity contribution is 7.09. The van der Waals surface area contributed by atoms with Gasteiger partial charge in [0.1, 0.15) is 5.54 Å². The number of rotatable bonds is 4. The minimum Gasteiger partial charge on any atom is -0.368 e. The largest absolute Gasteiger partial charge is 0.368 e. The lowest BCUT2D eigenvalue weighted by molar-refractivity contribution is -0.125. The zero-order valence-electron chi connectivity index (χ0n) is 12.0. The number of thiophene rings is 1. The fourth-order valence-corrected chi connectivity index (χ4v) is 3.82. The van der Waals surface area contributed by atoms with Crippen molar-refractivity contribution in [3.63, 3.8) is 0 Å². The Morgan fingerprint density at radius 2 is 2.10 bits per heavy atom. The summed E-state index contributed by atoms with van der Waals surface area (Å²) in [7, 11) is 0. The molecule has 0 saturated carbocycles. The lowest BCUT2D eigenvalue weighted by Gasteiger charge is -2.32. The second-order valence-electron chi connectivity index (χ2n) is 5.57. The summed E-state index contributed by atoms with van der Waals surface area (Å²) in [6.07, 6.45) is 3.90. The average Bonchev–Trinajstić information content (AvgIpc) is 2.93. The molecular formula is C17H20N2OS. The molecule has 0 saturated heterocycles. The van der Waals surface area contributed by atoms with Gasteiger partial charge in [0.15, 0.2) is 0 Å². The molecule has 1 aromatic heterocycles. The Balaban J connectivity index is 1.97. The lowest BCUT2D eigenvalue weighted by atomic mass is 9.83. The van der Waals surface area contributed by atoms with Gasteiger partial charge in [-0.05, 0) is 41.8 Å². The molecule has 4 heteroatoms. The highest BCUT2D eigenvalue weighted by Gasteiger charge is 2.40. The number of carbonyl (C=O) groups excluding carboxylic acids is 1. The van der Waals surface area contributed by atoms with Gasteiger partial charge >= 0.3 is 0 Å². The standard InChI is InChI=1S/C17H20N2OS/c18-16(20)17(19-12-14-8-5-11-21-14)10-4-3-7-13-6-1-2-9-15(13)17/h1-2,5-6,8-9,11,19H,3-4,7,10,12H2,(H2,18,20). The number of hydrogen-bond donors (Lipinski definition) is 2. The Morgan fingerprint density at radius 3 is 2.86 bits per heavy atom. The third-order valence-corrected chi connectivity index (χ3v) is 5.17. The van der Waals surface area contributed by atoms with Crippen molar-refractivity contribution in [3.8, 4) is 0 Å². The van der Waals surface area contributed by atoms with E-state index in [0.29, 0.717) is 6.54 Å². The number of primary amides is 1. The summed E-state index contributed by atoms with van der Waals surface area (Å²) >= 11 is 1.69. The van der Waals surface area contributed by atoms with Crippen LogP contribution >= 0.6 is 11.3 Å². The molecule has 0 radical (unpaired) electrons. The van der Waals surface area contributed by atoms with Crippen LogP contribution in [0.2, 0.25) is 0 Å². The summed E-state index contributed by atoms with van der Waals surface area (Å²) < 4.78 is 0. The molecule has 1 heterocycles. The van der Waals surface area contributed by atoms with Gasteiger partial charge in [0.05, 0.1) is 0 Å². The minimum absolute atomic E-state index is 0.270. The number of hydrogen-bond acceptors (Lipinski definition) is 3. The van der Waals surface area contributed by atoms with Crippen molar-refractivity contribution in [2.75, 3.05) is 0 Å². The first-order valence-corrected chi connectivity index (χ1v) is 8.26. The van der Waals surface area contributed by atoms with Crippen LogP contribution in [-0.2, 0) is 23.3 Å². The van der Waals surface area contributed by atoms with Gasteiger partial charge in [-0.15, -0.1) is 11.3 Å². The predicted octanol–water partition coefficient (Wildman–Crippen LogP) is 2.94. The van der Waals surface area contributed by atoms with Crippen LogP contribution in [0.15, 0.2) is 41.8 Å². The number of carbonyl (C=O) groups is 1. The second-order valence-corrected chi connectivity index (χ2v) is 6.60. The Hall–Kier alpha value is -1.65. The van der Waals surface area contributed by atoms with Gasteiger partial charge in [0, 0.05) is 11.4 Å². The minimum atomic E-state index is -0.739. The van der Waals surface area contributed by atoms with Gasteiger partial charge in [-0.25, -0.2) is 0 Å². The number of nitrogens with two attached hydrogens (primary N) is 1. The van der Waals surface area contributed by atoms with Gasteiger partial charge in [0.2, 0.25) is 5.91 Å². The lowest BCUT2D eigenvalue weighted by Crippen LogP contribution is -2.52. The zero-order chi connectivity index (χ0) is 14.7. The summed E-state index contributed by atoms with van der Waals surface area (Å²) in [4.78, 5) is 13.5. The van der Waals surface area contributed by atoms with Crippen molar-refractivity contribution in [1.29, 1.82) is 0 Å². The third-order valence-electron chi connectivity index (χ3n) is 4.29. The molecule has 1 aromatic carbocycles. The topological polar surface area (TPSA) is 55.1 Å². The fraction of sp³-hybridized carbons (Fsp3) is 0.353. The van der Waals surface area contributed by atoms with Crippen LogP contribution in [0.5, 0.6) is 0 Å². The van der Waals surface area contributed by atoms with Crippen LogP contribution < -0.4 is 11.1 Å². The van der Waals surface area contributed by atoms with E-state index in [4.69, 9.17) is 5.73 Å². The molecule has 3 nitrogen and oxygen atoms in total. The van der Waals surface area contributed by atoms with Gasteiger partial charge in [-0.2, -0.15) is 0 Å². The molecule has 1 aliphatic carbocycles. The Labute approximate surface area is 129 Å². The summed E-state index contributed by atoms with van der Waals surface area (Å²) in [5, 5.41) is 5.52. The molecular weight excluding hydrogens is 280 g/mol. The van der Waals surface area contributed by atoms with Gasteiger partial charge in [-0.3, -0.25) is 10.1 Å². The highest BCUT2D eigenvalue weighted by atomic mass is 32.1. The number of benzene rings is 1. The van der Waals surface area contributed by atoms with Crippen molar-refractivity contribution >= 4 is 17.2 Å². The third kappa shape index (κ3) is 2.74. The molecule has 1 unspecified atom stereocenters. The molecule has 1 amide bonds. The van der Waals surface area contributed by atoms with Gasteiger partial charge in [-0.1, -0.05) is 36.8 Å². The monoisotopic (exact) mass is 300 g/mol. The van der Waals surface area contributed by atoms with Crippen molar-refractivity contribution in [1.82, 2.24) is 5.32 Å². The number of amides is 1.